The first-order valence-electron chi connectivity index (χ1n) is 9.40. The van der Waals surface area contributed by atoms with Crippen LogP contribution >= 0.6 is 11.6 Å². The summed E-state index contributed by atoms with van der Waals surface area (Å²) < 4.78 is 19.1. The van der Waals surface area contributed by atoms with Crippen molar-refractivity contribution in [2.24, 2.45) is 0 Å². The Kier molecular flexibility index (Phi) is 6.31. The van der Waals surface area contributed by atoms with Crippen LogP contribution in [0.2, 0.25) is 5.02 Å². The fourth-order valence-electron chi connectivity index (χ4n) is 3.49. The number of aliphatic hydroxyl groups excluding tert-OH is 1. The summed E-state index contributed by atoms with van der Waals surface area (Å²) in [5.74, 6) is -2.84. The van der Waals surface area contributed by atoms with E-state index in [4.69, 9.17) is 16.3 Å². The predicted octanol–water partition coefficient (Wildman–Crippen LogP) is 4.42. The number of phenolic OH excluding ortho intramolecular Hbond substituents is 1. The van der Waals surface area contributed by atoms with Gasteiger partial charge in [-0.1, -0.05) is 31.0 Å². The molecule has 1 fully saturated rings. The SMILES string of the molecule is CCCCN1C(=O)C(=O)/C(=C(/O)c2cc(F)ccc2OC)C1c1ccc(O)c(Cl)c1. The van der Waals surface area contributed by atoms with E-state index in [1.54, 1.807) is 0 Å². The lowest BCUT2D eigenvalue weighted by atomic mass is 9.94. The van der Waals surface area contributed by atoms with E-state index in [0.29, 0.717) is 12.0 Å². The predicted molar refractivity (Wildman–Crippen MR) is 110 cm³/mol. The zero-order valence-electron chi connectivity index (χ0n) is 16.5. The molecule has 0 radical (unpaired) electrons. The molecule has 1 aliphatic heterocycles. The molecule has 0 saturated carbocycles. The number of halogens is 2. The summed E-state index contributed by atoms with van der Waals surface area (Å²) in [5, 5.41) is 20.8. The molecular formula is C22H21ClFNO5. The van der Waals surface area contributed by atoms with Crippen molar-refractivity contribution >= 4 is 29.1 Å². The number of unbranched alkanes of at least 4 members (excludes halogenated alkanes) is 1. The molecule has 0 bridgehead atoms. The first kappa shape index (κ1) is 21.6. The molecule has 30 heavy (non-hydrogen) atoms. The Morgan fingerprint density at radius 2 is 1.97 bits per heavy atom. The average Bonchev–Trinajstić information content (AvgIpc) is 2.98. The third-order valence-corrected chi connectivity index (χ3v) is 5.30. The zero-order chi connectivity index (χ0) is 22.0. The minimum Gasteiger partial charge on any atom is -0.507 e. The van der Waals surface area contributed by atoms with Gasteiger partial charge in [-0.15, -0.1) is 0 Å². The van der Waals surface area contributed by atoms with E-state index in [1.807, 2.05) is 6.92 Å². The highest BCUT2D eigenvalue weighted by Gasteiger charge is 2.46. The quantitative estimate of drug-likeness (QED) is 0.400. The van der Waals surface area contributed by atoms with Crippen LogP contribution in [-0.4, -0.2) is 40.5 Å². The number of hydrogen-bond acceptors (Lipinski definition) is 5. The van der Waals surface area contributed by atoms with E-state index >= 15 is 0 Å². The Balaban J connectivity index is 2.25. The number of rotatable bonds is 6. The molecule has 0 aliphatic carbocycles. The van der Waals surface area contributed by atoms with E-state index in [9.17, 15) is 24.2 Å². The molecular weight excluding hydrogens is 413 g/mol. The Labute approximate surface area is 178 Å². The average molecular weight is 434 g/mol. The number of Topliss-reactive ketones (excluding diaryl/α,β-unsaturated/α-hetero) is 1. The second kappa shape index (κ2) is 8.75. The highest BCUT2D eigenvalue weighted by molar-refractivity contribution is 6.46. The van der Waals surface area contributed by atoms with Gasteiger partial charge in [0.05, 0.1) is 29.3 Å². The van der Waals surface area contributed by atoms with Gasteiger partial charge in [-0.05, 0) is 42.3 Å². The molecule has 3 rings (SSSR count). The number of benzene rings is 2. The van der Waals surface area contributed by atoms with Crippen molar-refractivity contribution in [1.29, 1.82) is 0 Å². The van der Waals surface area contributed by atoms with Gasteiger partial charge >= 0.3 is 0 Å². The summed E-state index contributed by atoms with van der Waals surface area (Å²) in [6.07, 6.45) is 1.42. The van der Waals surface area contributed by atoms with Crippen LogP contribution in [0.3, 0.4) is 0 Å². The summed E-state index contributed by atoms with van der Waals surface area (Å²) in [6, 6.07) is 6.88. The van der Waals surface area contributed by atoms with Gasteiger partial charge in [-0.2, -0.15) is 0 Å². The molecule has 2 aromatic rings. The lowest BCUT2D eigenvalue weighted by molar-refractivity contribution is -0.139. The highest BCUT2D eigenvalue weighted by atomic mass is 35.5. The minimum atomic E-state index is -0.942. The maximum Gasteiger partial charge on any atom is 0.295 e. The van der Waals surface area contributed by atoms with Crippen LogP contribution in [0.4, 0.5) is 4.39 Å². The van der Waals surface area contributed by atoms with E-state index in [1.165, 1.54) is 36.3 Å². The number of nitrogens with zero attached hydrogens (tertiary/aromatic N) is 1. The number of ketones is 1. The number of aromatic hydroxyl groups is 1. The fraction of sp³-hybridized carbons (Fsp3) is 0.273. The van der Waals surface area contributed by atoms with Gasteiger partial charge in [0.2, 0.25) is 0 Å². The van der Waals surface area contributed by atoms with Gasteiger partial charge in [0.15, 0.2) is 0 Å². The number of carbonyl (C=O) groups is 2. The second-order valence-electron chi connectivity index (χ2n) is 6.90. The molecule has 1 atom stereocenters. The monoisotopic (exact) mass is 433 g/mol. The number of likely N-dealkylation sites (tertiary alicyclic amines) is 1. The van der Waals surface area contributed by atoms with E-state index in [2.05, 4.69) is 0 Å². The summed E-state index contributed by atoms with van der Waals surface area (Å²) in [4.78, 5) is 27.0. The Bertz CT molecular complexity index is 1040. The summed E-state index contributed by atoms with van der Waals surface area (Å²) in [6.45, 7) is 2.22. The number of carbonyl (C=O) groups excluding carboxylic acids is 2. The van der Waals surface area contributed by atoms with Crippen molar-refractivity contribution in [3.8, 4) is 11.5 Å². The number of hydrogen-bond donors (Lipinski definition) is 2. The highest BCUT2D eigenvalue weighted by Crippen LogP contribution is 2.42. The van der Waals surface area contributed by atoms with Crippen molar-refractivity contribution in [2.75, 3.05) is 13.7 Å². The third kappa shape index (κ3) is 3.85. The Hall–Kier alpha value is -3.06. The van der Waals surface area contributed by atoms with Crippen LogP contribution in [0.1, 0.15) is 36.9 Å². The molecule has 158 valence electrons. The zero-order valence-corrected chi connectivity index (χ0v) is 17.2. The lowest BCUT2D eigenvalue weighted by Gasteiger charge is -2.25. The summed E-state index contributed by atoms with van der Waals surface area (Å²) >= 11 is 6.04. The van der Waals surface area contributed by atoms with Gasteiger partial charge in [-0.25, -0.2) is 4.39 Å². The number of ether oxygens (including phenoxy) is 1. The number of aliphatic hydroxyl groups is 1. The normalized spacial score (nSPS) is 18.1. The molecule has 1 heterocycles. The van der Waals surface area contributed by atoms with Gasteiger partial charge < -0.3 is 19.8 Å². The first-order chi connectivity index (χ1) is 14.3. The van der Waals surface area contributed by atoms with E-state index in [0.717, 1.165) is 18.6 Å². The molecule has 8 heteroatoms. The maximum absolute atomic E-state index is 13.9. The van der Waals surface area contributed by atoms with Crippen molar-refractivity contribution < 1.29 is 28.9 Å². The van der Waals surface area contributed by atoms with Gasteiger partial charge in [0.1, 0.15) is 23.1 Å². The molecule has 2 N–H and O–H groups in total. The molecule has 2 aromatic carbocycles. The molecule has 1 amide bonds. The number of methoxy groups -OCH3 is 1. The Morgan fingerprint density at radius 1 is 1.23 bits per heavy atom. The molecule has 1 saturated heterocycles. The Morgan fingerprint density at radius 3 is 2.60 bits per heavy atom. The van der Waals surface area contributed by atoms with E-state index in [-0.39, 0.29) is 34.2 Å². The maximum atomic E-state index is 13.9. The third-order valence-electron chi connectivity index (χ3n) is 5.00. The fourth-order valence-corrected chi connectivity index (χ4v) is 3.68. The standard InChI is InChI=1S/C22H21ClFNO5/c1-3-4-9-25-19(12-5-7-16(26)15(23)10-12)18(21(28)22(25)29)20(27)14-11-13(24)6-8-17(14)30-2/h5-8,10-11,19,26-27H,3-4,9H2,1-2H3/b20-18+. The molecule has 0 spiro atoms. The first-order valence-corrected chi connectivity index (χ1v) is 9.78. The van der Waals surface area contributed by atoms with Gasteiger partial charge in [0, 0.05) is 6.54 Å². The van der Waals surface area contributed by atoms with Gasteiger partial charge in [-0.3, -0.25) is 9.59 Å². The second-order valence-corrected chi connectivity index (χ2v) is 7.31. The minimum absolute atomic E-state index is 0.0388. The smallest absolute Gasteiger partial charge is 0.295 e. The number of phenols is 1. The van der Waals surface area contributed by atoms with E-state index < -0.39 is 29.3 Å². The van der Waals surface area contributed by atoms with Crippen LogP contribution in [0.5, 0.6) is 11.5 Å². The largest absolute Gasteiger partial charge is 0.507 e. The summed E-state index contributed by atoms with van der Waals surface area (Å²) in [7, 11) is 1.35. The van der Waals surface area contributed by atoms with Crippen LogP contribution in [0, 0.1) is 5.82 Å². The van der Waals surface area contributed by atoms with Crippen LogP contribution in [0.25, 0.3) is 5.76 Å². The number of amides is 1. The van der Waals surface area contributed by atoms with Crippen molar-refractivity contribution in [1.82, 2.24) is 4.90 Å². The van der Waals surface area contributed by atoms with Crippen molar-refractivity contribution in [3.05, 3.63) is 63.9 Å². The van der Waals surface area contributed by atoms with Crippen LogP contribution in [-0.2, 0) is 9.59 Å². The van der Waals surface area contributed by atoms with Crippen LogP contribution in [0.15, 0.2) is 42.0 Å². The van der Waals surface area contributed by atoms with Crippen LogP contribution < -0.4 is 4.74 Å². The van der Waals surface area contributed by atoms with Crippen molar-refractivity contribution in [2.45, 2.75) is 25.8 Å². The molecule has 1 aliphatic rings. The topological polar surface area (TPSA) is 87.1 Å². The molecule has 6 nitrogen and oxygen atoms in total. The molecule has 1 unspecified atom stereocenters. The van der Waals surface area contributed by atoms with Crippen molar-refractivity contribution in [3.63, 3.8) is 0 Å². The summed E-state index contributed by atoms with van der Waals surface area (Å²) in [5.41, 5.74) is 0.202. The molecule has 0 aromatic heterocycles. The van der Waals surface area contributed by atoms with Gasteiger partial charge in [0.25, 0.3) is 11.7 Å². The lowest BCUT2D eigenvalue weighted by Crippen LogP contribution is -2.30.